The first kappa shape index (κ1) is 78.4. The number of likely N-dealkylation sites (N-methyl/N-ethyl adjacent to an activating group) is 1. The van der Waals surface area contributed by atoms with Gasteiger partial charge in [-0.1, -0.05) is 258 Å². The van der Waals surface area contributed by atoms with Crippen molar-refractivity contribution in [2.24, 2.45) is 0 Å². The van der Waals surface area contributed by atoms with Crippen molar-refractivity contribution in [1.29, 1.82) is 0 Å². The minimum atomic E-state index is -4.47. The zero-order chi connectivity index (χ0) is 60.0. The number of phosphoric acid groups is 1. The summed E-state index contributed by atoms with van der Waals surface area (Å²) >= 11 is 0. The van der Waals surface area contributed by atoms with E-state index in [1.54, 1.807) is 0 Å². The van der Waals surface area contributed by atoms with Gasteiger partial charge >= 0.3 is 13.8 Å². The number of rotatable bonds is 59. The third kappa shape index (κ3) is 61.0. The standard InChI is InChI=1S/C72H125N2O7P/c1-7-10-13-16-19-22-25-28-30-32-34-36-37-39-41-43-45-47-50-53-56-59-62-65-72(76)81-70(63-60-57-54-51-48-27-24-21-18-15-12-9-3)69(68-80-82(77,78)79-67-66-74(4,5)6)73-71(75)64-61-58-55-52-49-46-44-42-40-38-35-33-31-29-26-23-20-17-14-11-8-2/h10,13,19-20,22-23,28-31,34-36,38-39,41,45,47,60,63,69-70H,7-9,11-12,14-18,21,24-27,32-33,37,40,42-44,46,48-59,61-62,64-68H2,1-6H3,(H-,73,75,77,78)/p+1/b13-10-,22-19-,23-20-,30-28-,31-29-,36-34-,38-35-,41-39-,47-45-,63-60+. The van der Waals surface area contributed by atoms with E-state index in [1.165, 1.54) is 103 Å². The van der Waals surface area contributed by atoms with Gasteiger partial charge < -0.3 is 19.4 Å². The number of nitrogens with zero attached hydrogens (tertiary/aromatic N) is 1. The molecule has 0 fully saturated rings. The molecule has 2 N–H and O–H groups in total. The number of quaternary nitrogens is 1. The molecule has 0 aromatic carbocycles. The van der Waals surface area contributed by atoms with E-state index >= 15 is 0 Å². The van der Waals surface area contributed by atoms with E-state index < -0.39 is 20.0 Å². The molecule has 0 heterocycles. The highest BCUT2D eigenvalue weighted by atomic mass is 31.2. The van der Waals surface area contributed by atoms with Crippen molar-refractivity contribution < 1.29 is 37.3 Å². The molecule has 0 saturated carbocycles. The maximum absolute atomic E-state index is 13.6. The van der Waals surface area contributed by atoms with E-state index in [4.69, 9.17) is 13.8 Å². The van der Waals surface area contributed by atoms with Crippen LogP contribution in [0.5, 0.6) is 0 Å². The van der Waals surface area contributed by atoms with Crippen LogP contribution < -0.4 is 5.32 Å². The van der Waals surface area contributed by atoms with Gasteiger partial charge in [0.15, 0.2) is 0 Å². The van der Waals surface area contributed by atoms with Crippen LogP contribution in [0.15, 0.2) is 122 Å². The van der Waals surface area contributed by atoms with Gasteiger partial charge in [0.05, 0.1) is 33.8 Å². The zero-order valence-electron chi connectivity index (χ0n) is 53.7. The normalized spacial score (nSPS) is 14.4. The van der Waals surface area contributed by atoms with Crippen LogP contribution in [0.1, 0.15) is 271 Å². The number of allylic oxidation sites excluding steroid dienone is 19. The first-order chi connectivity index (χ1) is 39.9. The summed E-state index contributed by atoms with van der Waals surface area (Å²) < 4.78 is 30.7. The second-order valence-corrected chi connectivity index (χ2v) is 24.7. The number of esters is 1. The van der Waals surface area contributed by atoms with Crippen LogP contribution in [0.4, 0.5) is 0 Å². The molecule has 0 bridgehead atoms. The molecule has 0 rings (SSSR count). The number of carbonyl (C=O) groups excluding carboxylic acids is 2. The lowest BCUT2D eigenvalue weighted by atomic mass is 10.0. The average Bonchev–Trinajstić information content (AvgIpc) is 3.44. The van der Waals surface area contributed by atoms with E-state index in [2.05, 4.69) is 135 Å². The Morgan fingerprint density at radius 3 is 1.20 bits per heavy atom. The van der Waals surface area contributed by atoms with Gasteiger partial charge in [-0.3, -0.25) is 18.6 Å². The van der Waals surface area contributed by atoms with Crippen LogP contribution in [0.25, 0.3) is 0 Å². The van der Waals surface area contributed by atoms with Crippen LogP contribution in [-0.2, 0) is 27.9 Å². The molecule has 3 atom stereocenters. The number of hydrogen-bond acceptors (Lipinski definition) is 6. The average molecular weight is 1160 g/mol. The van der Waals surface area contributed by atoms with Crippen molar-refractivity contribution in [1.82, 2.24) is 5.32 Å². The number of phosphoric ester groups is 1. The van der Waals surface area contributed by atoms with Crippen LogP contribution >= 0.6 is 7.82 Å². The number of hydrogen-bond donors (Lipinski definition) is 2. The minimum Gasteiger partial charge on any atom is -0.456 e. The molecule has 0 aromatic rings. The zero-order valence-corrected chi connectivity index (χ0v) is 54.6. The topological polar surface area (TPSA) is 111 Å². The van der Waals surface area contributed by atoms with Crippen molar-refractivity contribution >= 4 is 19.7 Å². The summed E-state index contributed by atoms with van der Waals surface area (Å²) in [4.78, 5) is 37.8. The van der Waals surface area contributed by atoms with Crippen molar-refractivity contribution in [2.45, 2.75) is 283 Å². The Morgan fingerprint density at radius 1 is 0.439 bits per heavy atom. The molecule has 10 heteroatoms. The lowest BCUT2D eigenvalue weighted by Crippen LogP contribution is -2.47. The largest absolute Gasteiger partial charge is 0.472 e. The molecule has 0 spiro atoms. The quantitative estimate of drug-likeness (QED) is 0.0205. The summed E-state index contributed by atoms with van der Waals surface area (Å²) in [6.07, 6.45) is 84.8. The molecule has 0 aliphatic heterocycles. The van der Waals surface area contributed by atoms with Crippen molar-refractivity contribution in [3.8, 4) is 0 Å². The molecular formula is C72H126N2O7P+. The fourth-order valence-corrected chi connectivity index (χ4v) is 9.74. The highest BCUT2D eigenvalue weighted by molar-refractivity contribution is 7.47. The number of carbonyl (C=O) groups is 2. The lowest BCUT2D eigenvalue weighted by molar-refractivity contribution is -0.870. The van der Waals surface area contributed by atoms with Crippen LogP contribution in [0.2, 0.25) is 0 Å². The molecule has 0 aromatic heterocycles. The lowest BCUT2D eigenvalue weighted by Gasteiger charge is -2.27. The smallest absolute Gasteiger partial charge is 0.456 e. The first-order valence-corrected chi connectivity index (χ1v) is 34.9. The van der Waals surface area contributed by atoms with Gasteiger partial charge in [0.25, 0.3) is 0 Å². The van der Waals surface area contributed by atoms with Gasteiger partial charge in [-0.15, -0.1) is 0 Å². The number of nitrogens with one attached hydrogen (secondary N) is 1. The molecule has 0 radical (unpaired) electrons. The summed E-state index contributed by atoms with van der Waals surface area (Å²) in [6.45, 7) is 6.84. The number of amides is 1. The van der Waals surface area contributed by atoms with E-state index in [1.807, 2.05) is 33.3 Å². The highest BCUT2D eigenvalue weighted by Gasteiger charge is 2.30. The van der Waals surface area contributed by atoms with Gasteiger partial charge in [-0.05, 0) is 122 Å². The fourth-order valence-electron chi connectivity index (χ4n) is 9.01. The molecule has 9 nitrogen and oxygen atoms in total. The van der Waals surface area contributed by atoms with Gasteiger partial charge in [0.2, 0.25) is 5.91 Å². The SMILES string of the molecule is CC/C=C\C/C=C\C/C=C\C/C=C\C/C=C\C/C=C\CCCCCCC(=O)OC(/C=C/CCCCCCCCCCCC)C(COP(=O)(O)OCC[N+](C)(C)C)NC(=O)CCCCCCCCCC/C=C\C/C=C\C/C=C\CCCCC. The first-order valence-electron chi connectivity index (χ1n) is 33.4. The second kappa shape index (κ2) is 60.5. The number of ether oxygens (including phenoxy) is 1. The van der Waals surface area contributed by atoms with Crippen LogP contribution in [0, 0.1) is 0 Å². The Kier molecular flexibility index (Phi) is 57.9. The van der Waals surface area contributed by atoms with Gasteiger partial charge in [-0.2, -0.15) is 0 Å². The molecule has 0 aliphatic carbocycles. The van der Waals surface area contributed by atoms with Crippen molar-refractivity contribution in [3.63, 3.8) is 0 Å². The molecule has 82 heavy (non-hydrogen) atoms. The van der Waals surface area contributed by atoms with Crippen LogP contribution in [0.3, 0.4) is 0 Å². The van der Waals surface area contributed by atoms with Gasteiger partial charge in [-0.25, -0.2) is 4.57 Å². The summed E-state index contributed by atoms with van der Waals surface area (Å²) in [5, 5.41) is 3.05. The predicted octanol–water partition coefficient (Wildman–Crippen LogP) is 21.1. The van der Waals surface area contributed by atoms with E-state index in [0.29, 0.717) is 23.9 Å². The summed E-state index contributed by atoms with van der Waals surface area (Å²) in [5.41, 5.74) is 0. The Labute approximate surface area is 505 Å². The molecule has 470 valence electrons. The Bertz CT molecular complexity index is 1820. The Hall–Kier alpha value is -3.59. The maximum atomic E-state index is 13.6. The highest BCUT2D eigenvalue weighted by Crippen LogP contribution is 2.43. The molecular weight excluding hydrogens is 1040 g/mol. The summed E-state index contributed by atoms with van der Waals surface area (Å²) in [5.74, 6) is -0.547. The Morgan fingerprint density at radius 2 is 0.780 bits per heavy atom. The number of unbranched alkanes of at least 4 members (excludes halogenated alkanes) is 25. The second-order valence-electron chi connectivity index (χ2n) is 23.3. The maximum Gasteiger partial charge on any atom is 0.472 e. The summed E-state index contributed by atoms with van der Waals surface area (Å²) in [7, 11) is 1.46. The van der Waals surface area contributed by atoms with Crippen LogP contribution in [-0.4, -0.2) is 74.3 Å². The molecule has 1 amide bonds. The molecule has 3 unspecified atom stereocenters. The van der Waals surface area contributed by atoms with E-state index in [0.717, 1.165) is 128 Å². The third-order valence-corrected chi connectivity index (χ3v) is 15.1. The fraction of sp³-hybridized carbons (Fsp3) is 0.694. The van der Waals surface area contributed by atoms with E-state index in [-0.39, 0.29) is 31.5 Å². The van der Waals surface area contributed by atoms with Gasteiger partial charge in [0, 0.05) is 12.8 Å². The minimum absolute atomic E-state index is 0.0279. The Balaban J connectivity index is 5.25. The summed E-state index contributed by atoms with van der Waals surface area (Å²) in [6, 6.07) is -0.872. The van der Waals surface area contributed by atoms with Crippen molar-refractivity contribution in [3.05, 3.63) is 122 Å². The van der Waals surface area contributed by atoms with Gasteiger partial charge in [0.1, 0.15) is 19.3 Å². The van der Waals surface area contributed by atoms with Crippen molar-refractivity contribution in [2.75, 3.05) is 40.9 Å². The predicted molar refractivity (Wildman–Crippen MR) is 355 cm³/mol. The van der Waals surface area contributed by atoms with E-state index in [9.17, 15) is 19.0 Å². The molecule has 0 saturated heterocycles. The third-order valence-electron chi connectivity index (χ3n) is 14.1. The monoisotopic (exact) mass is 1160 g/mol. The molecule has 0 aliphatic rings.